The maximum atomic E-state index is 13.4. The van der Waals surface area contributed by atoms with E-state index in [4.69, 9.17) is 4.74 Å². The van der Waals surface area contributed by atoms with Gasteiger partial charge >= 0.3 is 6.09 Å². The molecule has 3 aromatic rings. The van der Waals surface area contributed by atoms with Gasteiger partial charge < -0.3 is 19.9 Å². The summed E-state index contributed by atoms with van der Waals surface area (Å²) in [7, 11) is 2.00. The molecule has 0 unspecified atom stereocenters. The lowest BCUT2D eigenvalue weighted by Gasteiger charge is -2.40. The zero-order valence-corrected chi connectivity index (χ0v) is 20.1. The van der Waals surface area contributed by atoms with Crippen LogP contribution in [0.25, 0.3) is 11.1 Å². The summed E-state index contributed by atoms with van der Waals surface area (Å²) < 4.78 is 7.82. The SMILES string of the molecule is CC(=O)N1c2ccc(-c3cnn(C4CC4)c3)cc2N(C(=O)Oc2ccc3c(c2)NCN3C)C[C@@H]1C. The van der Waals surface area contributed by atoms with E-state index in [9.17, 15) is 9.59 Å². The number of nitrogens with one attached hydrogen (secondary N) is 1. The second-order valence-electron chi connectivity index (χ2n) is 9.57. The van der Waals surface area contributed by atoms with Gasteiger partial charge in [-0.25, -0.2) is 4.79 Å². The molecule has 0 saturated heterocycles. The molecule has 1 fully saturated rings. The van der Waals surface area contributed by atoms with E-state index in [0.29, 0.717) is 36.4 Å². The van der Waals surface area contributed by atoms with Crippen molar-refractivity contribution in [2.45, 2.75) is 38.8 Å². The maximum Gasteiger partial charge on any atom is 0.419 e. The fourth-order valence-corrected chi connectivity index (χ4v) is 4.98. The van der Waals surface area contributed by atoms with E-state index >= 15 is 0 Å². The lowest BCUT2D eigenvalue weighted by atomic mass is 10.0. The van der Waals surface area contributed by atoms with Crippen LogP contribution in [0.4, 0.5) is 27.5 Å². The van der Waals surface area contributed by atoms with Crippen molar-refractivity contribution in [2.24, 2.45) is 0 Å². The Balaban J connectivity index is 1.34. The molecule has 2 aliphatic heterocycles. The van der Waals surface area contributed by atoms with E-state index in [1.165, 1.54) is 0 Å². The minimum Gasteiger partial charge on any atom is -0.410 e. The van der Waals surface area contributed by atoms with E-state index in [0.717, 1.165) is 35.3 Å². The second kappa shape index (κ2) is 8.04. The van der Waals surface area contributed by atoms with Gasteiger partial charge in [-0.2, -0.15) is 5.10 Å². The molecule has 6 rings (SSSR count). The Morgan fingerprint density at radius 3 is 2.63 bits per heavy atom. The van der Waals surface area contributed by atoms with Gasteiger partial charge in [0.25, 0.3) is 0 Å². The van der Waals surface area contributed by atoms with Gasteiger partial charge in [-0.1, -0.05) is 6.07 Å². The molecular formula is C26H28N6O3. The molecule has 1 aliphatic carbocycles. The number of hydrogen-bond acceptors (Lipinski definition) is 6. The Morgan fingerprint density at radius 2 is 1.86 bits per heavy atom. The van der Waals surface area contributed by atoms with Gasteiger partial charge in [0, 0.05) is 38.3 Å². The van der Waals surface area contributed by atoms with Crippen molar-refractivity contribution in [2.75, 3.05) is 40.3 Å². The molecule has 9 heteroatoms. The van der Waals surface area contributed by atoms with Crippen LogP contribution >= 0.6 is 0 Å². The van der Waals surface area contributed by atoms with Gasteiger partial charge in [0.15, 0.2) is 0 Å². The first-order chi connectivity index (χ1) is 16.9. The summed E-state index contributed by atoms with van der Waals surface area (Å²) in [5, 5.41) is 7.80. The van der Waals surface area contributed by atoms with E-state index in [1.54, 1.807) is 22.8 Å². The summed E-state index contributed by atoms with van der Waals surface area (Å²) in [5.74, 6) is 0.413. The number of rotatable bonds is 3. The number of benzene rings is 2. The van der Waals surface area contributed by atoms with Crippen molar-refractivity contribution in [3.63, 3.8) is 0 Å². The molecule has 1 saturated carbocycles. The van der Waals surface area contributed by atoms with Crippen LogP contribution in [-0.4, -0.2) is 48.1 Å². The first kappa shape index (κ1) is 21.5. The van der Waals surface area contributed by atoms with E-state index in [1.807, 2.05) is 61.4 Å². The number of nitrogens with zero attached hydrogens (tertiary/aromatic N) is 5. The smallest absolute Gasteiger partial charge is 0.410 e. The Hall–Kier alpha value is -4.01. The van der Waals surface area contributed by atoms with Crippen LogP contribution in [0.2, 0.25) is 0 Å². The zero-order valence-electron chi connectivity index (χ0n) is 20.1. The molecule has 0 spiro atoms. The molecule has 35 heavy (non-hydrogen) atoms. The third kappa shape index (κ3) is 3.77. The van der Waals surface area contributed by atoms with Crippen molar-refractivity contribution < 1.29 is 14.3 Å². The summed E-state index contributed by atoms with van der Waals surface area (Å²) in [6.45, 7) is 4.54. The van der Waals surface area contributed by atoms with Crippen LogP contribution in [-0.2, 0) is 4.79 Å². The standard InChI is InChI=1S/C26H28N6O3/c1-16-13-30(26(34)35-21-7-9-23-22(11-21)27-15-29(23)3)25-10-18(4-8-24(25)32(16)17(2)33)19-12-28-31(14-19)20-5-6-20/h4,7-12,14,16,20,27H,5-6,13,15H2,1-3H3/t16-/m0/s1. The second-order valence-corrected chi connectivity index (χ2v) is 9.57. The highest BCUT2D eigenvalue weighted by molar-refractivity contribution is 6.03. The third-order valence-corrected chi connectivity index (χ3v) is 6.92. The van der Waals surface area contributed by atoms with Crippen molar-refractivity contribution in [1.29, 1.82) is 0 Å². The van der Waals surface area contributed by atoms with Crippen LogP contribution in [0.1, 0.15) is 32.7 Å². The van der Waals surface area contributed by atoms with Gasteiger partial charge in [0.1, 0.15) is 5.75 Å². The van der Waals surface area contributed by atoms with Gasteiger partial charge in [0.2, 0.25) is 5.91 Å². The highest BCUT2D eigenvalue weighted by Crippen LogP contribution is 2.41. The van der Waals surface area contributed by atoms with Gasteiger partial charge in [-0.05, 0) is 49.6 Å². The molecular weight excluding hydrogens is 444 g/mol. The summed E-state index contributed by atoms with van der Waals surface area (Å²) in [6.07, 6.45) is 5.74. The topological polar surface area (TPSA) is 82.9 Å². The van der Waals surface area contributed by atoms with Gasteiger partial charge in [-0.3, -0.25) is 14.4 Å². The minimum atomic E-state index is -0.474. The third-order valence-electron chi connectivity index (χ3n) is 6.92. The van der Waals surface area contributed by atoms with Crippen molar-refractivity contribution in [3.8, 4) is 16.9 Å². The number of amides is 2. The molecule has 1 aromatic heterocycles. The molecule has 180 valence electrons. The number of fused-ring (bicyclic) bond motifs is 2. The quantitative estimate of drug-likeness (QED) is 0.606. The number of hydrogen-bond donors (Lipinski definition) is 1. The zero-order chi connectivity index (χ0) is 24.3. The molecule has 2 aromatic carbocycles. The summed E-state index contributed by atoms with van der Waals surface area (Å²) in [5.41, 5.74) is 5.27. The first-order valence-electron chi connectivity index (χ1n) is 12.0. The summed E-state index contributed by atoms with van der Waals surface area (Å²) >= 11 is 0. The Morgan fingerprint density at radius 1 is 1.06 bits per heavy atom. The average Bonchev–Trinajstić information content (AvgIpc) is 3.45. The van der Waals surface area contributed by atoms with Gasteiger partial charge in [0.05, 0.1) is 47.7 Å². The molecule has 1 atom stereocenters. The molecule has 3 aliphatic rings. The molecule has 3 heterocycles. The molecule has 9 nitrogen and oxygen atoms in total. The van der Waals surface area contributed by atoms with Crippen molar-refractivity contribution >= 4 is 34.7 Å². The summed E-state index contributed by atoms with van der Waals surface area (Å²) in [4.78, 5) is 31.4. The monoisotopic (exact) mass is 472 g/mol. The Labute approximate surface area is 203 Å². The van der Waals surface area contributed by atoms with Crippen LogP contribution in [0, 0.1) is 0 Å². The molecule has 1 N–H and O–H groups in total. The molecule has 2 amide bonds. The van der Waals surface area contributed by atoms with Crippen LogP contribution < -0.4 is 24.8 Å². The number of carbonyl (C=O) groups is 2. The molecule has 0 radical (unpaired) electrons. The number of aromatic nitrogens is 2. The predicted molar refractivity (Wildman–Crippen MR) is 135 cm³/mol. The first-order valence-corrected chi connectivity index (χ1v) is 12.0. The van der Waals surface area contributed by atoms with E-state index < -0.39 is 6.09 Å². The van der Waals surface area contributed by atoms with Gasteiger partial charge in [-0.15, -0.1) is 0 Å². The number of ether oxygens (including phenoxy) is 1. The van der Waals surface area contributed by atoms with Crippen LogP contribution in [0.15, 0.2) is 48.8 Å². The van der Waals surface area contributed by atoms with Crippen molar-refractivity contribution in [1.82, 2.24) is 9.78 Å². The highest BCUT2D eigenvalue weighted by Gasteiger charge is 2.35. The van der Waals surface area contributed by atoms with E-state index in [2.05, 4.69) is 15.3 Å². The van der Waals surface area contributed by atoms with Crippen LogP contribution in [0.5, 0.6) is 5.75 Å². The largest absolute Gasteiger partial charge is 0.419 e. The number of carbonyl (C=O) groups excluding carboxylic acids is 2. The lowest BCUT2D eigenvalue weighted by molar-refractivity contribution is -0.117. The predicted octanol–water partition coefficient (Wildman–Crippen LogP) is 4.46. The highest BCUT2D eigenvalue weighted by atomic mass is 16.6. The average molecular weight is 473 g/mol. The normalized spacial score (nSPS) is 18.7. The number of anilines is 4. The van der Waals surface area contributed by atoms with Crippen LogP contribution in [0.3, 0.4) is 0 Å². The molecule has 0 bridgehead atoms. The minimum absolute atomic E-state index is 0.0603. The fraction of sp³-hybridized carbons (Fsp3) is 0.346. The Bertz CT molecular complexity index is 1330. The van der Waals surface area contributed by atoms with Crippen molar-refractivity contribution in [3.05, 3.63) is 48.8 Å². The lowest BCUT2D eigenvalue weighted by Crippen LogP contribution is -2.52. The fourth-order valence-electron chi connectivity index (χ4n) is 4.98. The summed E-state index contributed by atoms with van der Waals surface area (Å²) in [6, 6.07) is 11.7. The van der Waals surface area contributed by atoms with E-state index in [-0.39, 0.29) is 11.9 Å². The Kier molecular flexibility index (Phi) is 4.94. The maximum absolute atomic E-state index is 13.4.